The Morgan fingerprint density at radius 1 is 0.959 bits per heavy atom. The van der Waals surface area contributed by atoms with Crippen LogP contribution in [0.3, 0.4) is 0 Å². The minimum absolute atomic E-state index is 0.0596. The number of likely N-dealkylation sites (tertiary alicyclic amines) is 1. The van der Waals surface area contributed by atoms with Crippen LogP contribution >= 0.6 is 0 Å². The molecule has 49 heavy (non-hydrogen) atoms. The van der Waals surface area contributed by atoms with E-state index in [4.69, 9.17) is 0 Å². The Labute approximate surface area is 292 Å². The van der Waals surface area contributed by atoms with E-state index in [1.165, 1.54) is 22.3 Å². The van der Waals surface area contributed by atoms with Crippen molar-refractivity contribution in [3.63, 3.8) is 0 Å². The van der Waals surface area contributed by atoms with Gasteiger partial charge in [-0.25, -0.2) is 17.5 Å². The molecule has 0 spiro atoms. The van der Waals surface area contributed by atoms with E-state index >= 15 is 0 Å². The number of fused-ring (bicyclic) bond motifs is 1. The largest absolute Gasteiger partial charge is 0.346 e. The van der Waals surface area contributed by atoms with Crippen LogP contribution in [0.15, 0.2) is 12.7 Å². The van der Waals surface area contributed by atoms with Crippen LogP contribution in [-0.4, -0.2) is 103 Å². The lowest BCUT2D eigenvalue weighted by Crippen LogP contribution is -2.62. The highest BCUT2D eigenvalue weighted by Crippen LogP contribution is 2.65. The van der Waals surface area contributed by atoms with Crippen LogP contribution in [0, 0.1) is 34.0 Å². The van der Waals surface area contributed by atoms with Gasteiger partial charge in [-0.2, -0.15) is 0 Å². The normalized spacial score (nSPS) is 25.0. The van der Waals surface area contributed by atoms with Crippen LogP contribution in [0.2, 0.25) is 0 Å². The molecule has 5 amide bonds. The molecule has 1 heterocycles. The summed E-state index contributed by atoms with van der Waals surface area (Å²) in [6, 6.07) is -4.09. The van der Waals surface area contributed by atoms with E-state index in [1.807, 2.05) is 41.5 Å². The minimum atomic E-state index is -3.46. The second-order valence-corrected chi connectivity index (χ2v) is 19.7. The quantitative estimate of drug-likeness (QED) is 0.149. The molecule has 4 N–H and O–H groups in total. The molecule has 13 nitrogen and oxygen atoms in total. The zero-order valence-corrected chi connectivity index (χ0v) is 31.5. The lowest BCUT2D eigenvalue weighted by atomic mass is 9.85. The van der Waals surface area contributed by atoms with Crippen molar-refractivity contribution in [3.05, 3.63) is 12.7 Å². The molecule has 3 saturated carbocycles. The molecule has 276 valence electrons. The van der Waals surface area contributed by atoms with Gasteiger partial charge >= 0.3 is 6.03 Å². The van der Waals surface area contributed by atoms with Crippen LogP contribution in [0.1, 0.15) is 87.5 Å². The van der Waals surface area contributed by atoms with Gasteiger partial charge in [0.25, 0.3) is 5.91 Å². The molecule has 4 rings (SSSR count). The Kier molecular flexibility index (Phi) is 11.1. The summed E-state index contributed by atoms with van der Waals surface area (Å²) in [6.45, 7) is 19.4. The number of carbonyl (C=O) groups excluding carboxylic acids is 5. The van der Waals surface area contributed by atoms with Gasteiger partial charge in [-0.1, -0.05) is 74.3 Å². The maximum atomic E-state index is 14.4. The number of amides is 5. The predicted molar refractivity (Wildman–Crippen MR) is 186 cm³/mol. The SMILES string of the molecule is C=CCNC(=O)C(=O)C(CC1CC1)NC(=O)[C@@H]1[C@@H]2[C@H](CN1C(=O)[C@@H](NC(=O)N[C@H](CN(C)S(=O)(=O)C1CC1)C(C)(C)C)C(C)(C)C)C2(C)C. The van der Waals surface area contributed by atoms with Gasteiger partial charge in [0.1, 0.15) is 12.1 Å². The minimum Gasteiger partial charge on any atom is -0.346 e. The van der Waals surface area contributed by atoms with Crippen molar-refractivity contribution < 1.29 is 32.4 Å². The zero-order chi connectivity index (χ0) is 36.9. The number of nitrogens with zero attached hydrogens (tertiary/aromatic N) is 2. The first-order valence-corrected chi connectivity index (χ1v) is 19.1. The van der Waals surface area contributed by atoms with E-state index in [2.05, 4.69) is 41.7 Å². The highest BCUT2D eigenvalue weighted by atomic mass is 32.2. The molecule has 0 aromatic rings. The molecule has 1 saturated heterocycles. The third kappa shape index (κ3) is 8.84. The number of carbonyl (C=O) groups is 5. The van der Waals surface area contributed by atoms with Gasteiger partial charge in [0, 0.05) is 32.7 Å². The average Bonchev–Trinajstić information content (AvgIpc) is 3.93. The van der Waals surface area contributed by atoms with E-state index in [0.29, 0.717) is 25.8 Å². The molecular weight excluding hydrogens is 648 g/mol. The summed E-state index contributed by atoms with van der Waals surface area (Å²) in [5.74, 6) is -2.25. The average molecular weight is 707 g/mol. The summed E-state index contributed by atoms with van der Waals surface area (Å²) >= 11 is 0. The van der Waals surface area contributed by atoms with Crippen molar-refractivity contribution >= 4 is 39.6 Å². The van der Waals surface area contributed by atoms with Crippen LogP contribution in [0.5, 0.6) is 0 Å². The Balaban J connectivity index is 1.51. The third-order valence-corrected chi connectivity index (χ3v) is 13.2. The Morgan fingerprint density at radius 2 is 1.57 bits per heavy atom. The monoisotopic (exact) mass is 706 g/mol. The molecule has 0 bridgehead atoms. The van der Waals surface area contributed by atoms with Crippen molar-refractivity contribution in [2.75, 3.05) is 26.7 Å². The van der Waals surface area contributed by atoms with Crippen LogP contribution in [-0.2, 0) is 29.2 Å². The van der Waals surface area contributed by atoms with E-state index < -0.39 is 74.6 Å². The Hall–Kier alpha value is -3.00. The first-order valence-electron chi connectivity index (χ1n) is 17.6. The predicted octanol–water partition coefficient (Wildman–Crippen LogP) is 2.18. The number of Topliss-reactive ketones (excluding diaryl/α,β-unsaturated/α-hetero) is 1. The molecule has 0 aromatic heterocycles. The number of hydrogen-bond donors (Lipinski definition) is 4. The number of sulfonamides is 1. The van der Waals surface area contributed by atoms with Crippen molar-refractivity contribution in [3.8, 4) is 0 Å². The molecule has 1 aliphatic heterocycles. The highest BCUT2D eigenvalue weighted by Gasteiger charge is 2.70. The van der Waals surface area contributed by atoms with Gasteiger partial charge in [-0.3, -0.25) is 19.2 Å². The summed E-state index contributed by atoms with van der Waals surface area (Å²) in [6.07, 6.45) is 4.92. The molecule has 4 fully saturated rings. The van der Waals surface area contributed by atoms with E-state index in [0.717, 1.165) is 12.8 Å². The fraction of sp³-hybridized carbons (Fsp3) is 0.800. The van der Waals surface area contributed by atoms with Gasteiger partial charge in [0.15, 0.2) is 0 Å². The molecule has 14 heteroatoms. The smallest absolute Gasteiger partial charge is 0.315 e. The molecule has 0 aromatic carbocycles. The summed E-state index contributed by atoms with van der Waals surface area (Å²) in [5.41, 5.74) is -1.46. The topological polar surface area (TPSA) is 174 Å². The number of nitrogens with one attached hydrogen (secondary N) is 4. The lowest BCUT2D eigenvalue weighted by molar-refractivity contribution is -0.145. The number of likely N-dealkylation sites (N-methyl/N-ethyl adjacent to an activating group) is 1. The van der Waals surface area contributed by atoms with Crippen LogP contribution in [0.4, 0.5) is 4.79 Å². The van der Waals surface area contributed by atoms with Crippen LogP contribution < -0.4 is 21.3 Å². The number of ketones is 1. The van der Waals surface area contributed by atoms with E-state index in [1.54, 1.807) is 0 Å². The molecule has 0 radical (unpaired) electrons. The number of urea groups is 1. The number of piperidine rings is 1. The van der Waals surface area contributed by atoms with Crippen LogP contribution in [0.25, 0.3) is 0 Å². The summed E-state index contributed by atoms with van der Waals surface area (Å²) in [5, 5.41) is 10.8. The standard InChI is InChI=1S/C35H58N6O7S/c1-11-16-36-30(44)27(42)23(17-20-12-13-20)37-29(43)26-25-22(35(25,8)9)18-41(26)31(45)28(34(5,6)7)39-32(46)38-24(33(2,3)4)19-40(10)49(47,48)21-14-15-21/h11,20-26,28H,1,12-19H2,2-10H3,(H,36,44)(H,37,43)(H2,38,39,46)/t22-,23?,24+,25-,26-,28+/m0/s1. The third-order valence-electron chi connectivity index (χ3n) is 10.8. The number of hydrogen-bond acceptors (Lipinski definition) is 7. The summed E-state index contributed by atoms with van der Waals surface area (Å²) in [7, 11) is -1.94. The van der Waals surface area contributed by atoms with Crippen molar-refractivity contribution in [2.45, 2.75) is 117 Å². The lowest BCUT2D eigenvalue weighted by Gasteiger charge is -2.39. The van der Waals surface area contributed by atoms with Gasteiger partial charge in [-0.05, 0) is 53.3 Å². The van der Waals surface area contributed by atoms with Crippen molar-refractivity contribution in [1.29, 1.82) is 0 Å². The Bertz CT molecular complexity index is 1440. The molecule has 1 unspecified atom stereocenters. The molecule has 6 atom stereocenters. The Morgan fingerprint density at radius 3 is 2.08 bits per heavy atom. The maximum absolute atomic E-state index is 14.4. The number of rotatable bonds is 15. The highest BCUT2D eigenvalue weighted by molar-refractivity contribution is 7.90. The first kappa shape index (κ1) is 38.8. The second-order valence-electron chi connectivity index (χ2n) is 17.4. The van der Waals surface area contributed by atoms with Gasteiger partial charge in [-0.15, -0.1) is 6.58 Å². The van der Waals surface area contributed by atoms with E-state index in [-0.39, 0.29) is 41.5 Å². The van der Waals surface area contributed by atoms with Gasteiger partial charge < -0.3 is 26.2 Å². The first-order chi connectivity index (χ1) is 22.5. The van der Waals surface area contributed by atoms with Gasteiger partial charge in [0.2, 0.25) is 27.6 Å². The molecule has 4 aliphatic rings. The molecular formula is C35H58N6O7S. The summed E-state index contributed by atoms with van der Waals surface area (Å²) in [4.78, 5) is 69.3. The second kappa shape index (κ2) is 14.0. The maximum Gasteiger partial charge on any atom is 0.315 e. The summed E-state index contributed by atoms with van der Waals surface area (Å²) < 4.78 is 27.0. The van der Waals surface area contributed by atoms with Crippen molar-refractivity contribution in [2.24, 2.45) is 34.0 Å². The fourth-order valence-corrected chi connectivity index (χ4v) is 8.66. The van der Waals surface area contributed by atoms with E-state index in [9.17, 15) is 32.4 Å². The zero-order valence-electron chi connectivity index (χ0n) is 30.7. The van der Waals surface area contributed by atoms with Gasteiger partial charge in [0.05, 0.1) is 11.3 Å². The molecule has 3 aliphatic carbocycles. The van der Waals surface area contributed by atoms with Crippen molar-refractivity contribution in [1.82, 2.24) is 30.5 Å². The fourth-order valence-electron chi connectivity index (χ4n) is 7.06.